The van der Waals surface area contributed by atoms with Gasteiger partial charge in [0.15, 0.2) is 0 Å². The fourth-order valence-corrected chi connectivity index (χ4v) is 4.33. The lowest BCUT2D eigenvalue weighted by molar-refractivity contribution is 0.842. The summed E-state index contributed by atoms with van der Waals surface area (Å²) in [6, 6.07) is 13.3. The van der Waals surface area contributed by atoms with E-state index in [1.165, 1.54) is 32.2 Å². The zero-order chi connectivity index (χ0) is 13.6. The summed E-state index contributed by atoms with van der Waals surface area (Å²) in [4.78, 5) is 5.02. The van der Waals surface area contributed by atoms with Gasteiger partial charge in [0, 0.05) is 35.5 Å². The molecule has 0 spiro atoms. The minimum atomic E-state index is 0.479. The molecule has 1 nitrogen and oxygen atoms in total. The molecule has 1 unspecified atom stereocenters. The van der Waals surface area contributed by atoms with Gasteiger partial charge in [-0.3, -0.25) is 0 Å². The molecular formula is C17H19NS. The predicted octanol–water partition coefficient (Wildman–Crippen LogP) is 4.68. The van der Waals surface area contributed by atoms with Crippen LogP contribution in [0.5, 0.6) is 0 Å². The van der Waals surface area contributed by atoms with Crippen LogP contribution in [0, 0.1) is 6.92 Å². The minimum Gasteiger partial charge on any atom is -0.377 e. The van der Waals surface area contributed by atoms with E-state index in [0.29, 0.717) is 5.92 Å². The molecule has 0 fully saturated rings. The molecule has 1 aliphatic heterocycles. The van der Waals surface area contributed by atoms with E-state index in [0.717, 1.165) is 0 Å². The van der Waals surface area contributed by atoms with Crippen LogP contribution in [0.2, 0.25) is 0 Å². The van der Waals surface area contributed by atoms with E-state index in [-0.39, 0.29) is 0 Å². The molecule has 0 bridgehead atoms. The van der Waals surface area contributed by atoms with Gasteiger partial charge >= 0.3 is 0 Å². The molecule has 0 amide bonds. The van der Waals surface area contributed by atoms with Gasteiger partial charge < -0.3 is 4.90 Å². The smallest absolute Gasteiger partial charge is 0.0394 e. The maximum atomic E-state index is 2.32. The van der Waals surface area contributed by atoms with Crippen LogP contribution in [-0.4, -0.2) is 14.1 Å². The van der Waals surface area contributed by atoms with Crippen LogP contribution < -0.4 is 4.90 Å². The van der Waals surface area contributed by atoms with E-state index in [1.807, 2.05) is 11.8 Å². The van der Waals surface area contributed by atoms with E-state index in [1.54, 1.807) is 0 Å². The Morgan fingerprint density at radius 3 is 2.47 bits per heavy atom. The average Bonchev–Trinajstić information content (AvgIpc) is 2.38. The van der Waals surface area contributed by atoms with Crippen LogP contribution in [0.4, 0.5) is 5.69 Å². The van der Waals surface area contributed by atoms with Crippen molar-refractivity contribution in [3.63, 3.8) is 0 Å². The van der Waals surface area contributed by atoms with Crippen molar-refractivity contribution in [3.05, 3.63) is 53.1 Å². The van der Waals surface area contributed by atoms with Gasteiger partial charge in [-0.1, -0.05) is 36.9 Å². The average molecular weight is 269 g/mol. The summed E-state index contributed by atoms with van der Waals surface area (Å²) in [5.74, 6) is 0.479. The third kappa shape index (κ3) is 1.95. The molecule has 1 aliphatic rings. The molecule has 0 aromatic heterocycles. The van der Waals surface area contributed by atoms with Crippen molar-refractivity contribution in [1.29, 1.82) is 0 Å². The van der Waals surface area contributed by atoms with Crippen molar-refractivity contribution in [3.8, 4) is 0 Å². The Bertz CT molecular complexity index is 631. The minimum absolute atomic E-state index is 0.479. The maximum Gasteiger partial charge on any atom is 0.0394 e. The second-order valence-electron chi connectivity index (χ2n) is 5.38. The highest BCUT2D eigenvalue weighted by Gasteiger charge is 2.25. The van der Waals surface area contributed by atoms with E-state index in [2.05, 4.69) is 69.2 Å². The largest absolute Gasteiger partial charge is 0.377 e. The van der Waals surface area contributed by atoms with Gasteiger partial charge in [-0.25, -0.2) is 0 Å². The number of hydrogen-bond acceptors (Lipinski definition) is 2. The molecule has 3 rings (SSSR count). The van der Waals surface area contributed by atoms with E-state index in [9.17, 15) is 0 Å². The molecule has 2 aromatic rings. The van der Waals surface area contributed by atoms with Crippen LogP contribution in [0.15, 0.2) is 46.2 Å². The van der Waals surface area contributed by atoms with E-state index >= 15 is 0 Å². The molecule has 1 heterocycles. The first-order chi connectivity index (χ1) is 9.09. The van der Waals surface area contributed by atoms with Crippen LogP contribution in [0.25, 0.3) is 0 Å². The molecular weight excluding hydrogens is 250 g/mol. The second kappa shape index (κ2) is 4.61. The van der Waals surface area contributed by atoms with Gasteiger partial charge in [0.05, 0.1) is 0 Å². The van der Waals surface area contributed by atoms with Crippen molar-refractivity contribution >= 4 is 17.4 Å². The maximum absolute atomic E-state index is 2.32. The first-order valence-electron chi connectivity index (χ1n) is 6.67. The van der Waals surface area contributed by atoms with Gasteiger partial charge in [0.25, 0.3) is 0 Å². The van der Waals surface area contributed by atoms with Crippen molar-refractivity contribution in [2.24, 2.45) is 0 Å². The zero-order valence-electron chi connectivity index (χ0n) is 11.9. The molecule has 0 saturated heterocycles. The van der Waals surface area contributed by atoms with Crippen LogP contribution in [-0.2, 0) is 0 Å². The molecule has 19 heavy (non-hydrogen) atoms. The highest BCUT2D eigenvalue weighted by molar-refractivity contribution is 7.99. The standard InChI is InChI=1S/C17H19NS/c1-11-13-7-5-6-8-15(13)19-16-10-9-14(18(3)4)12(2)17(11)16/h5-11H,1-4H3. The lowest BCUT2D eigenvalue weighted by atomic mass is 9.88. The lowest BCUT2D eigenvalue weighted by Crippen LogP contribution is -2.14. The van der Waals surface area contributed by atoms with Crippen molar-refractivity contribution in [1.82, 2.24) is 0 Å². The molecule has 0 N–H and O–H groups in total. The zero-order valence-corrected chi connectivity index (χ0v) is 12.7. The Morgan fingerprint density at radius 2 is 1.74 bits per heavy atom. The summed E-state index contributed by atoms with van der Waals surface area (Å²) >= 11 is 1.90. The topological polar surface area (TPSA) is 3.24 Å². The number of benzene rings is 2. The van der Waals surface area contributed by atoms with Gasteiger partial charge in [0.2, 0.25) is 0 Å². The number of anilines is 1. The third-order valence-corrected chi connectivity index (χ3v) is 5.13. The number of nitrogens with zero attached hydrogens (tertiary/aromatic N) is 1. The summed E-state index contributed by atoms with van der Waals surface area (Å²) in [5.41, 5.74) is 5.69. The quantitative estimate of drug-likeness (QED) is 0.739. The Labute approximate surface area is 119 Å². The highest BCUT2D eigenvalue weighted by Crippen LogP contribution is 2.48. The molecule has 0 aliphatic carbocycles. The fraction of sp³-hybridized carbons (Fsp3) is 0.294. The van der Waals surface area contributed by atoms with Crippen LogP contribution in [0.3, 0.4) is 0 Å². The number of rotatable bonds is 1. The molecule has 2 heteroatoms. The summed E-state index contributed by atoms with van der Waals surface area (Å²) in [6.45, 7) is 4.57. The van der Waals surface area contributed by atoms with E-state index in [4.69, 9.17) is 0 Å². The van der Waals surface area contributed by atoms with Crippen molar-refractivity contribution < 1.29 is 0 Å². The van der Waals surface area contributed by atoms with Crippen molar-refractivity contribution in [2.45, 2.75) is 29.6 Å². The lowest BCUT2D eigenvalue weighted by Gasteiger charge is -2.29. The Hall–Kier alpha value is -1.41. The summed E-state index contributed by atoms with van der Waals surface area (Å²) in [5, 5.41) is 0. The Balaban J connectivity index is 2.19. The monoisotopic (exact) mass is 269 g/mol. The summed E-state index contributed by atoms with van der Waals surface area (Å²) < 4.78 is 0. The third-order valence-electron chi connectivity index (χ3n) is 3.97. The Morgan fingerprint density at radius 1 is 1.00 bits per heavy atom. The normalized spacial score (nSPS) is 16.7. The van der Waals surface area contributed by atoms with E-state index < -0.39 is 0 Å². The molecule has 0 radical (unpaired) electrons. The molecule has 0 saturated carbocycles. The molecule has 1 atom stereocenters. The Kier molecular flexibility index (Phi) is 3.06. The summed E-state index contributed by atoms with van der Waals surface area (Å²) in [6.07, 6.45) is 0. The first-order valence-corrected chi connectivity index (χ1v) is 7.49. The number of fused-ring (bicyclic) bond motifs is 2. The van der Waals surface area contributed by atoms with Crippen LogP contribution >= 0.6 is 11.8 Å². The van der Waals surface area contributed by atoms with Gasteiger partial charge in [-0.15, -0.1) is 0 Å². The predicted molar refractivity (Wildman–Crippen MR) is 83.6 cm³/mol. The number of hydrogen-bond donors (Lipinski definition) is 0. The van der Waals surface area contributed by atoms with Gasteiger partial charge in [0.1, 0.15) is 0 Å². The second-order valence-corrected chi connectivity index (χ2v) is 6.46. The molecule has 98 valence electrons. The van der Waals surface area contributed by atoms with Gasteiger partial charge in [-0.05, 0) is 41.8 Å². The molecule has 2 aromatic carbocycles. The first kappa shape index (κ1) is 12.6. The fourth-order valence-electron chi connectivity index (χ4n) is 3.01. The van der Waals surface area contributed by atoms with Crippen molar-refractivity contribution in [2.75, 3.05) is 19.0 Å². The highest BCUT2D eigenvalue weighted by atomic mass is 32.2. The SMILES string of the molecule is Cc1c(N(C)C)ccc2c1C(C)c1ccccc1S2. The van der Waals surface area contributed by atoms with Gasteiger partial charge in [-0.2, -0.15) is 0 Å². The summed E-state index contributed by atoms with van der Waals surface area (Å²) in [7, 11) is 4.23. The van der Waals surface area contributed by atoms with Crippen LogP contribution in [0.1, 0.15) is 29.5 Å².